The molecule has 5 rings (SSSR count). The van der Waals surface area contributed by atoms with E-state index >= 15 is 0 Å². The fourth-order valence-electron chi connectivity index (χ4n) is 5.99. The first-order chi connectivity index (χ1) is 19.5. The molecule has 0 saturated carbocycles. The number of nitrogens with zero attached hydrogens (tertiary/aromatic N) is 4. The number of benzene rings is 2. The third-order valence-electron chi connectivity index (χ3n) is 8.30. The summed E-state index contributed by atoms with van der Waals surface area (Å²) in [5.74, 6) is 1.76. The Bertz CT molecular complexity index is 1200. The van der Waals surface area contributed by atoms with Crippen molar-refractivity contribution >= 4 is 5.91 Å². The van der Waals surface area contributed by atoms with Crippen molar-refractivity contribution in [2.75, 3.05) is 40.4 Å². The van der Waals surface area contributed by atoms with E-state index in [-0.39, 0.29) is 18.1 Å². The van der Waals surface area contributed by atoms with Crippen LogP contribution in [0.3, 0.4) is 0 Å². The molecule has 2 fully saturated rings. The summed E-state index contributed by atoms with van der Waals surface area (Å²) in [5.41, 5.74) is 2.30. The first-order valence-electron chi connectivity index (χ1n) is 14.3. The third kappa shape index (κ3) is 7.02. The summed E-state index contributed by atoms with van der Waals surface area (Å²) >= 11 is 0. The van der Waals surface area contributed by atoms with Crippen LogP contribution in [-0.4, -0.2) is 83.8 Å². The predicted molar refractivity (Wildman–Crippen MR) is 155 cm³/mol. The highest BCUT2D eigenvalue weighted by Gasteiger charge is 2.37. The summed E-state index contributed by atoms with van der Waals surface area (Å²) in [5, 5.41) is 6.94. The number of methoxy groups -OCH3 is 2. The number of carbonyl (C=O) groups is 1. The fraction of sp³-hybridized carbons (Fsp3) is 0.484. The molecule has 2 aliphatic rings. The van der Waals surface area contributed by atoms with E-state index < -0.39 is 0 Å². The molecule has 0 bridgehead atoms. The van der Waals surface area contributed by atoms with Gasteiger partial charge in [-0.25, -0.2) is 4.98 Å². The lowest BCUT2D eigenvalue weighted by atomic mass is 9.94. The largest absolute Gasteiger partial charge is 0.497 e. The molecule has 1 amide bonds. The van der Waals surface area contributed by atoms with Crippen LogP contribution in [0.15, 0.2) is 67.3 Å². The summed E-state index contributed by atoms with van der Waals surface area (Å²) in [6, 6.07) is 16.7. The Morgan fingerprint density at radius 2 is 1.70 bits per heavy atom. The molecule has 3 aromatic rings. The Hall–Kier alpha value is -3.40. The Balaban J connectivity index is 1.26. The maximum absolute atomic E-state index is 13.7. The second-order valence-corrected chi connectivity index (χ2v) is 10.9. The lowest BCUT2D eigenvalue weighted by Gasteiger charge is -2.47. The number of aromatic nitrogens is 2. The van der Waals surface area contributed by atoms with E-state index in [0.29, 0.717) is 18.6 Å². The molecule has 2 aromatic carbocycles. The first-order valence-corrected chi connectivity index (χ1v) is 14.3. The molecule has 0 aliphatic carbocycles. The zero-order valence-electron chi connectivity index (χ0n) is 23.8. The second-order valence-electron chi connectivity index (χ2n) is 10.9. The summed E-state index contributed by atoms with van der Waals surface area (Å²) in [6.07, 6.45) is 8.91. The van der Waals surface area contributed by atoms with Crippen molar-refractivity contribution in [3.05, 3.63) is 78.4 Å². The highest BCUT2D eigenvalue weighted by atomic mass is 16.5. The Kier molecular flexibility index (Phi) is 9.36. The van der Waals surface area contributed by atoms with Gasteiger partial charge < -0.3 is 19.4 Å². The summed E-state index contributed by atoms with van der Waals surface area (Å²) in [4.78, 5) is 22.9. The SMILES string of the molecule is COc1ccc(CCN2CCN(C3CC(C)NC(n4ccnc4)C3)CC2C(=O)NCc2ccc(OC)cc2)cc1. The van der Waals surface area contributed by atoms with E-state index in [9.17, 15) is 4.79 Å². The number of nitrogens with one attached hydrogen (secondary N) is 2. The number of ether oxygens (including phenoxy) is 2. The van der Waals surface area contributed by atoms with E-state index in [1.54, 1.807) is 14.2 Å². The van der Waals surface area contributed by atoms with Crippen LogP contribution in [0.2, 0.25) is 0 Å². The minimum Gasteiger partial charge on any atom is -0.497 e. The number of amides is 1. The standard InChI is InChI=1S/C31H42N6O3/c1-23-18-26(19-30(34-23)37-15-13-32-22-37)36-17-16-35(14-12-24-4-8-27(39-2)9-5-24)29(21-36)31(38)33-20-25-6-10-28(40-3)11-7-25/h4-11,13,15,22-23,26,29-30,34H,12,14,16-21H2,1-3H3,(H,33,38). The maximum atomic E-state index is 13.7. The highest BCUT2D eigenvalue weighted by Crippen LogP contribution is 2.27. The topological polar surface area (TPSA) is 83.9 Å². The summed E-state index contributed by atoms with van der Waals surface area (Å²) < 4.78 is 12.7. The molecule has 2 saturated heterocycles. The zero-order valence-corrected chi connectivity index (χ0v) is 23.8. The summed E-state index contributed by atoms with van der Waals surface area (Å²) in [7, 11) is 3.34. The van der Waals surface area contributed by atoms with E-state index in [0.717, 1.165) is 62.5 Å². The van der Waals surface area contributed by atoms with E-state index in [1.807, 2.05) is 55.1 Å². The van der Waals surface area contributed by atoms with Gasteiger partial charge in [0.05, 0.1) is 26.7 Å². The second kappa shape index (κ2) is 13.3. The van der Waals surface area contributed by atoms with Crippen molar-refractivity contribution in [2.45, 2.75) is 57.0 Å². The van der Waals surface area contributed by atoms with Crippen LogP contribution in [0.4, 0.5) is 0 Å². The molecule has 4 unspecified atom stereocenters. The Labute approximate surface area is 237 Å². The monoisotopic (exact) mass is 546 g/mol. The van der Waals surface area contributed by atoms with E-state index in [1.165, 1.54) is 5.56 Å². The molecule has 40 heavy (non-hydrogen) atoms. The van der Waals surface area contributed by atoms with Crippen molar-refractivity contribution in [3.63, 3.8) is 0 Å². The molecular weight excluding hydrogens is 504 g/mol. The van der Waals surface area contributed by atoms with Crippen LogP contribution in [-0.2, 0) is 17.8 Å². The highest BCUT2D eigenvalue weighted by molar-refractivity contribution is 5.82. The van der Waals surface area contributed by atoms with Gasteiger partial charge in [-0.3, -0.25) is 19.9 Å². The molecule has 1 aromatic heterocycles. The minimum absolute atomic E-state index is 0.0865. The number of carbonyl (C=O) groups excluding carboxylic acids is 1. The van der Waals surface area contributed by atoms with Crippen LogP contribution in [0, 0.1) is 0 Å². The van der Waals surface area contributed by atoms with Crippen molar-refractivity contribution < 1.29 is 14.3 Å². The number of piperazine rings is 1. The number of imidazole rings is 1. The van der Waals surface area contributed by atoms with Gasteiger partial charge >= 0.3 is 0 Å². The predicted octanol–water partition coefficient (Wildman–Crippen LogP) is 3.08. The van der Waals surface area contributed by atoms with Gasteiger partial charge in [0.2, 0.25) is 5.91 Å². The van der Waals surface area contributed by atoms with Gasteiger partial charge in [0.25, 0.3) is 0 Å². The Morgan fingerprint density at radius 1 is 1.00 bits per heavy atom. The quantitative estimate of drug-likeness (QED) is 0.404. The molecule has 9 nitrogen and oxygen atoms in total. The molecule has 214 valence electrons. The number of rotatable bonds is 10. The molecule has 3 heterocycles. The van der Waals surface area contributed by atoms with Gasteiger partial charge in [0.15, 0.2) is 0 Å². The van der Waals surface area contributed by atoms with Crippen molar-refractivity contribution in [1.29, 1.82) is 0 Å². The normalized spacial score (nSPS) is 24.0. The number of hydrogen-bond acceptors (Lipinski definition) is 7. The molecule has 0 radical (unpaired) electrons. The van der Waals surface area contributed by atoms with Crippen molar-refractivity contribution in [3.8, 4) is 11.5 Å². The molecule has 4 atom stereocenters. The van der Waals surface area contributed by atoms with Gasteiger partial charge in [0.1, 0.15) is 17.5 Å². The van der Waals surface area contributed by atoms with Gasteiger partial charge in [-0.15, -0.1) is 0 Å². The third-order valence-corrected chi connectivity index (χ3v) is 8.30. The van der Waals surface area contributed by atoms with Crippen LogP contribution < -0.4 is 20.1 Å². The molecule has 9 heteroatoms. The fourth-order valence-corrected chi connectivity index (χ4v) is 5.99. The van der Waals surface area contributed by atoms with Crippen LogP contribution in [0.5, 0.6) is 11.5 Å². The van der Waals surface area contributed by atoms with Crippen molar-refractivity contribution in [1.82, 2.24) is 30.0 Å². The van der Waals surface area contributed by atoms with Gasteiger partial charge in [-0.05, 0) is 61.6 Å². The lowest BCUT2D eigenvalue weighted by molar-refractivity contribution is -0.129. The molecular formula is C31H42N6O3. The molecule has 2 aliphatic heterocycles. The lowest BCUT2D eigenvalue weighted by Crippen LogP contribution is -2.62. The van der Waals surface area contributed by atoms with Crippen molar-refractivity contribution in [2.24, 2.45) is 0 Å². The van der Waals surface area contributed by atoms with E-state index in [4.69, 9.17) is 9.47 Å². The van der Waals surface area contributed by atoms with Crippen LogP contribution >= 0.6 is 0 Å². The van der Waals surface area contributed by atoms with Crippen LogP contribution in [0.25, 0.3) is 0 Å². The smallest absolute Gasteiger partial charge is 0.238 e. The average molecular weight is 547 g/mol. The van der Waals surface area contributed by atoms with Gasteiger partial charge in [-0.1, -0.05) is 24.3 Å². The Morgan fingerprint density at radius 3 is 2.35 bits per heavy atom. The van der Waals surface area contributed by atoms with Crippen LogP contribution in [0.1, 0.15) is 37.1 Å². The molecule has 2 N–H and O–H groups in total. The first kappa shape index (κ1) is 28.1. The molecule has 0 spiro atoms. The van der Waals surface area contributed by atoms with Gasteiger partial charge in [0, 0.05) is 57.2 Å². The van der Waals surface area contributed by atoms with E-state index in [2.05, 4.69) is 49.0 Å². The minimum atomic E-state index is -0.206. The summed E-state index contributed by atoms with van der Waals surface area (Å²) in [6.45, 7) is 6.13. The average Bonchev–Trinajstić information content (AvgIpc) is 3.54. The zero-order chi connectivity index (χ0) is 27.9. The maximum Gasteiger partial charge on any atom is 0.238 e. The van der Waals surface area contributed by atoms with Gasteiger partial charge in [-0.2, -0.15) is 0 Å². The number of piperidine rings is 1. The number of hydrogen-bond donors (Lipinski definition) is 2.